The van der Waals surface area contributed by atoms with Crippen molar-refractivity contribution in [3.63, 3.8) is 0 Å². The van der Waals surface area contributed by atoms with Crippen molar-refractivity contribution in [3.8, 4) is 0 Å². The average molecular weight is 605 g/mol. The molecule has 0 fully saturated rings. The van der Waals surface area contributed by atoms with Crippen LogP contribution in [0.4, 0.5) is 0 Å². The van der Waals surface area contributed by atoms with E-state index in [9.17, 15) is 0 Å². The van der Waals surface area contributed by atoms with Crippen molar-refractivity contribution in [3.05, 3.63) is 0 Å². The molecule has 8 heavy (non-hydrogen) atoms. The third-order valence-corrected chi connectivity index (χ3v) is 0. The van der Waals surface area contributed by atoms with Gasteiger partial charge in [0.2, 0.25) is 0 Å². The van der Waals surface area contributed by atoms with Crippen LogP contribution in [-0.4, -0.2) is 29.6 Å². The van der Waals surface area contributed by atoms with Crippen molar-refractivity contribution in [2.45, 2.75) is 0 Å². The van der Waals surface area contributed by atoms with Crippen LogP contribution in [0, 0.1) is 0 Å². The molecule has 1 radical (unpaired) electrons. The second-order valence-corrected chi connectivity index (χ2v) is 114. The fourth-order valence-corrected chi connectivity index (χ4v) is 0. The molecule has 0 aromatic heterocycles. The van der Waals surface area contributed by atoms with Crippen molar-refractivity contribution in [2.75, 3.05) is 0 Å². The Bertz CT molecular complexity index is 67.1. The molecule has 0 saturated heterocycles. The first kappa shape index (κ1) is 15.0. The number of rotatable bonds is 0. The van der Waals surface area contributed by atoms with Crippen molar-refractivity contribution < 1.29 is 0.665 Å². The van der Waals surface area contributed by atoms with Gasteiger partial charge in [0, 0.05) is 29.6 Å². The minimum absolute atomic E-state index is 0. The minimum atomic E-state index is -3.11. The van der Waals surface area contributed by atoms with Crippen molar-refractivity contribution in [1.29, 1.82) is 0 Å². The van der Waals surface area contributed by atoms with E-state index in [4.69, 9.17) is 0 Å². The Morgan fingerprint density at radius 1 is 0.625 bits per heavy atom. The normalized spacial score (nSPS) is 20.2. The van der Waals surface area contributed by atoms with Crippen LogP contribution in [0.1, 0.15) is 0 Å². The van der Waals surface area contributed by atoms with Gasteiger partial charge in [-0.15, -0.1) is 0 Å². The molecule has 0 aromatic rings. The van der Waals surface area contributed by atoms with Gasteiger partial charge in [-0.25, -0.2) is 0 Å². The molecule has 52 valence electrons. The summed E-state index contributed by atoms with van der Waals surface area (Å²) in [5.41, 5.74) is 0. The van der Waals surface area contributed by atoms with Gasteiger partial charge in [-0.05, 0) is 0 Å². The zero-order chi connectivity index (χ0) is 6.41. The van der Waals surface area contributed by atoms with E-state index < -0.39 is 0.665 Å². The van der Waals surface area contributed by atoms with Crippen LogP contribution in [0.5, 0.6) is 0 Å². The summed E-state index contributed by atoms with van der Waals surface area (Å²) in [4.78, 5) is 0. The zero-order valence-electron chi connectivity index (χ0n) is 3.60. The van der Waals surface area contributed by atoms with Crippen LogP contribution in [0.3, 0.4) is 0 Å². The fourth-order valence-electron chi connectivity index (χ4n) is 0. The minimum Gasteiger partial charge on any atom is 0 e. The molecule has 0 aliphatic rings. The molecule has 0 saturated carbocycles. The summed E-state index contributed by atoms with van der Waals surface area (Å²) in [6, 6.07) is 0. The largest absolute Gasteiger partial charge is 0 e. The Labute approximate surface area is 109 Å². The van der Waals surface area contributed by atoms with Gasteiger partial charge in [-0.3, -0.25) is 0 Å². The molecule has 0 N–H and O–H groups in total. The van der Waals surface area contributed by atoms with Crippen LogP contribution in [-0.2, 0) is 0.665 Å². The summed E-state index contributed by atoms with van der Waals surface area (Å²) >= 11 is 20.0. The third-order valence-electron chi connectivity index (χ3n) is 0. The SMILES string of the molecule is [Br][Rh]([Br])([Br])([Br])([Br])[Br].[Na]. The van der Waals surface area contributed by atoms with Crippen molar-refractivity contribution in [2.24, 2.45) is 0 Å². The summed E-state index contributed by atoms with van der Waals surface area (Å²) in [7, 11) is 0. The van der Waals surface area contributed by atoms with Crippen LogP contribution < -0.4 is 0 Å². The van der Waals surface area contributed by atoms with Crippen LogP contribution >= 0.6 is 81.7 Å². The monoisotopic (exact) mass is 599 g/mol. The Morgan fingerprint density at radius 3 is 0.625 bits per heavy atom. The van der Waals surface area contributed by atoms with E-state index in [0.717, 1.165) is 0 Å². The first-order valence-electron chi connectivity index (χ1n) is 0.756. The van der Waals surface area contributed by atoms with E-state index in [1.807, 2.05) is 0 Å². The van der Waals surface area contributed by atoms with E-state index in [0.29, 0.717) is 0 Å². The molecule has 0 unspecified atom stereocenters. The molecular formula is Br6NaRh. The molecule has 0 bridgehead atoms. The van der Waals surface area contributed by atoms with Gasteiger partial charge in [0.05, 0.1) is 0 Å². The molecule has 0 aliphatic heterocycles. The predicted molar refractivity (Wildman–Crippen MR) is 59.3 cm³/mol. The first-order chi connectivity index (χ1) is 2.45. The second kappa shape index (κ2) is 3.34. The van der Waals surface area contributed by atoms with Gasteiger partial charge in [0.1, 0.15) is 0 Å². The van der Waals surface area contributed by atoms with Gasteiger partial charge in [-0.1, -0.05) is 0 Å². The van der Waals surface area contributed by atoms with E-state index >= 15 is 0 Å². The standard InChI is InChI=1S/6BrH.Na.Rh/h6*1H;;/q;;;;;;;+6/p-6. The summed E-state index contributed by atoms with van der Waals surface area (Å²) in [5, 5.41) is 0. The fraction of sp³-hybridized carbons (Fsp3) is 0. The molecule has 0 heterocycles. The molecule has 0 amide bonds. The van der Waals surface area contributed by atoms with Crippen molar-refractivity contribution >= 4 is 111 Å². The molecule has 0 nitrogen and oxygen atoms in total. The number of hydrogen-bond donors (Lipinski definition) is 0. The Morgan fingerprint density at radius 2 is 0.625 bits per heavy atom. The van der Waals surface area contributed by atoms with E-state index in [-0.39, 0.29) is 29.6 Å². The Kier molecular flexibility index (Phi) is 6.25. The van der Waals surface area contributed by atoms with E-state index in [1.165, 1.54) is 0 Å². The summed E-state index contributed by atoms with van der Waals surface area (Å²) in [6.45, 7) is 0. The smallest absolute Gasteiger partial charge is 0 e. The molecule has 8 heteroatoms. The predicted octanol–water partition coefficient (Wildman–Crippen LogP) is 4.69. The molecular weight excluding hydrogens is 605 g/mol. The maximum Gasteiger partial charge on any atom is 0 e. The number of halogens is 6. The average Bonchev–Trinajstić information content (AvgIpc) is 0.592. The van der Waals surface area contributed by atoms with Gasteiger partial charge >= 0.3 is 82.4 Å². The number of hydrogen-bond acceptors (Lipinski definition) is 0. The van der Waals surface area contributed by atoms with E-state index in [2.05, 4.69) is 81.7 Å². The summed E-state index contributed by atoms with van der Waals surface area (Å²) in [6.07, 6.45) is 0. The van der Waals surface area contributed by atoms with Crippen molar-refractivity contribution in [1.82, 2.24) is 0 Å². The maximum absolute atomic E-state index is 3.34. The first-order valence-corrected chi connectivity index (χ1v) is 23.2. The second-order valence-electron chi connectivity index (χ2n) is 0.714. The van der Waals surface area contributed by atoms with Crippen LogP contribution in [0.2, 0.25) is 0 Å². The summed E-state index contributed by atoms with van der Waals surface area (Å²) < 4.78 is -3.11. The Balaban J connectivity index is 0. The molecule has 0 aliphatic carbocycles. The van der Waals surface area contributed by atoms with Gasteiger partial charge in [0.15, 0.2) is 0 Å². The zero-order valence-corrected chi connectivity index (χ0v) is 16.8. The summed E-state index contributed by atoms with van der Waals surface area (Å²) in [5.74, 6) is 0. The molecule has 0 spiro atoms. The molecule has 0 atom stereocenters. The van der Waals surface area contributed by atoms with Gasteiger partial charge in [-0.2, -0.15) is 0 Å². The molecule has 0 aromatic carbocycles. The van der Waals surface area contributed by atoms with Crippen LogP contribution in [0.25, 0.3) is 0 Å². The molecule has 0 rings (SSSR count). The topological polar surface area (TPSA) is 0 Å². The van der Waals surface area contributed by atoms with Gasteiger partial charge < -0.3 is 0 Å². The van der Waals surface area contributed by atoms with Gasteiger partial charge in [0.25, 0.3) is 0 Å². The maximum atomic E-state index is 3.34. The van der Waals surface area contributed by atoms with Crippen LogP contribution in [0.15, 0.2) is 0 Å². The quantitative estimate of drug-likeness (QED) is 0.352. The Hall–Kier alpha value is 4.50. The van der Waals surface area contributed by atoms with E-state index in [1.54, 1.807) is 0 Å². The third kappa shape index (κ3) is 46.8.